The van der Waals surface area contributed by atoms with E-state index in [2.05, 4.69) is 83.0 Å². The molecular formula is C33H34N2O. The average Bonchev–Trinajstić information content (AvgIpc) is 2.96. The highest BCUT2D eigenvalue weighted by Crippen LogP contribution is 2.29. The Hall–Kier alpha value is -3.69. The smallest absolute Gasteiger partial charge is 0.252 e. The van der Waals surface area contributed by atoms with Crippen LogP contribution in [0.3, 0.4) is 0 Å². The largest absolute Gasteiger partial charge is 0.349 e. The van der Waals surface area contributed by atoms with Gasteiger partial charge in [-0.15, -0.1) is 0 Å². The molecule has 3 heteroatoms. The van der Waals surface area contributed by atoms with Gasteiger partial charge in [0.15, 0.2) is 0 Å². The zero-order valence-corrected chi connectivity index (χ0v) is 20.7. The highest BCUT2D eigenvalue weighted by molar-refractivity contribution is 6.01. The number of rotatable bonds is 8. The van der Waals surface area contributed by atoms with Crippen molar-refractivity contribution >= 4 is 5.91 Å². The van der Waals surface area contributed by atoms with Crippen molar-refractivity contribution in [3.05, 3.63) is 132 Å². The number of carbonyl (C=O) groups is 1. The van der Waals surface area contributed by atoms with E-state index in [0.29, 0.717) is 5.92 Å². The molecule has 0 aromatic heterocycles. The van der Waals surface area contributed by atoms with Crippen LogP contribution in [0.5, 0.6) is 0 Å². The van der Waals surface area contributed by atoms with E-state index in [-0.39, 0.29) is 11.9 Å². The molecule has 1 aliphatic heterocycles. The predicted molar refractivity (Wildman–Crippen MR) is 148 cm³/mol. The van der Waals surface area contributed by atoms with Crippen LogP contribution in [0.1, 0.15) is 46.7 Å². The summed E-state index contributed by atoms with van der Waals surface area (Å²) in [4.78, 5) is 15.7. The molecule has 1 N–H and O–H groups in total. The number of nitrogens with one attached hydrogen (secondary N) is 1. The first kappa shape index (κ1) is 24.0. The third kappa shape index (κ3) is 5.92. The minimum atomic E-state index is 0.0288. The molecule has 1 saturated heterocycles. The number of hydrogen-bond donors (Lipinski definition) is 1. The van der Waals surface area contributed by atoms with E-state index in [0.717, 1.165) is 55.6 Å². The summed E-state index contributed by atoms with van der Waals surface area (Å²) >= 11 is 0. The first-order valence-electron chi connectivity index (χ1n) is 13.1. The van der Waals surface area contributed by atoms with Gasteiger partial charge in [0, 0.05) is 30.6 Å². The molecule has 36 heavy (non-hydrogen) atoms. The lowest BCUT2D eigenvalue weighted by atomic mass is 9.88. The fourth-order valence-electron chi connectivity index (χ4n) is 5.32. The van der Waals surface area contributed by atoms with Crippen molar-refractivity contribution in [1.29, 1.82) is 0 Å². The fraction of sp³-hybridized carbons (Fsp3) is 0.242. The lowest BCUT2D eigenvalue weighted by molar-refractivity contribution is 0.0911. The topological polar surface area (TPSA) is 32.3 Å². The fourth-order valence-corrected chi connectivity index (χ4v) is 5.32. The Balaban J connectivity index is 1.17. The lowest BCUT2D eigenvalue weighted by Crippen LogP contribution is -2.45. The maximum Gasteiger partial charge on any atom is 0.252 e. The quantitative estimate of drug-likeness (QED) is 0.306. The number of piperidine rings is 1. The van der Waals surface area contributed by atoms with Crippen LogP contribution >= 0.6 is 0 Å². The third-order valence-electron chi connectivity index (χ3n) is 7.32. The molecule has 1 fully saturated rings. The van der Waals surface area contributed by atoms with Gasteiger partial charge in [0.05, 0.1) is 0 Å². The van der Waals surface area contributed by atoms with E-state index in [1.807, 2.05) is 42.5 Å². The molecule has 1 heterocycles. The van der Waals surface area contributed by atoms with Crippen molar-refractivity contribution in [2.75, 3.05) is 19.6 Å². The molecule has 0 unspecified atom stereocenters. The number of benzene rings is 4. The Bertz CT molecular complexity index is 1190. The van der Waals surface area contributed by atoms with E-state index < -0.39 is 0 Å². The maximum atomic E-state index is 13.2. The van der Waals surface area contributed by atoms with Crippen molar-refractivity contribution in [3.63, 3.8) is 0 Å². The zero-order chi connectivity index (χ0) is 24.6. The first-order chi connectivity index (χ1) is 17.8. The highest BCUT2D eigenvalue weighted by atomic mass is 16.1. The summed E-state index contributed by atoms with van der Waals surface area (Å²) < 4.78 is 0. The summed E-state index contributed by atoms with van der Waals surface area (Å²) in [6.45, 7) is 3.09. The van der Waals surface area contributed by atoms with E-state index >= 15 is 0 Å². The van der Waals surface area contributed by atoms with Crippen molar-refractivity contribution < 1.29 is 4.79 Å². The van der Waals surface area contributed by atoms with Gasteiger partial charge in [0.1, 0.15) is 0 Å². The second-order valence-electron chi connectivity index (χ2n) is 9.66. The van der Waals surface area contributed by atoms with Crippen molar-refractivity contribution in [3.8, 4) is 11.1 Å². The molecule has 0 spiro atoms. The van der Waals surface area contributed by atoms with Gasteiger partial charge in [-0.3, -0.25) is 4.79 Å². The number of hydrogen-bond acceptors (Lipinski definition) is 2. The standard InChI is InChI=1S/C33H34N2O/c36-33(32-19-11-10-18-31(32)28-16-8-3-9-17-28)34-29-20-23-35(24-21-29)25-22-30(26-12-4-1-5-13-26)27-14-6-2-7-15-27/h1-19,29-30H,20-25H2,(H,34,36). The second kappa shape index (κ2) is 11.8. The number of likely N-dealkylation sites (tertiary alicyclic amines) is 1. The molecule has 0 atom stereocenters. The third-order valence-corrected chi connectivity index (χ3v) is 7.32. The van der Waals surface area contributed by atoms with Crippen molar-refractivity contribution in [1.82, 2.24) is 10.2 Å². The lowest BCUT2D eigenvalue weighted by Gasteiger charge is -2.33. The second-order valence-corrected chi connectivity index (χ2v) is 9.66. The Morgan fingerprint density at radius 2 is 1.25 bits per heavy atom. The predicted octanol–water partition coefficient (Wildman–Crippen LogP) is 6.77. The normalized spacial score (nSPS) is 14.6. The van der Waals surface area contributed by atoms with Gasteiger partial charge in [-0.1, -0.05) is 109 Å². The van der Waals surface area contributed by atoms with Gasteiger partial charge in [-0.05, 0) is 54.1 Å². The van der Waals surface area contributed by atoms with Crippen LogP contribution in [0, 0.1) is 0 Å². The van der Waals surface area contributed by atoms with Crippen molar-refractivity contribution in [2.24, 2.45) is 0 Å². The summed E-state index contributed by atoms with van der Waals surface area (Å²) in [5.41, 5.74) is 5.57. The summed E-state index contributed by atoms with van der Waals surface area (Å²) in [5, 5.41) is 3.32. The maximum absolute atomic E-state index is 13.2. The van der Waals surface area contributed by atoms with Gasteiger partial charge in [-0.25, -0.2) is 0 Å². The number of carbonyl (C=O) groups excluding carboxylic acids is 1. The summed E-state index contributed by atoms with van der Waals surface area (Å²) in [6.07, 6.45) is 3.07. The van der Waals surface area contributed by atoms with Crippen LogP contribution in [0.4, 0.5) is 0 Å². The molecular weight excluding hydrogens is 440 g/mol. The van der Waals surface area contributed by atoms with Crippen LogP contribution in [-0.2, 0) is 0 Å². The molecule has 3 nitrogen and oxygen atoms in total. The average molecular weight is 475 g/mol. The van der Waals surface area contributed by atoms with E-state index in [4.69, 9.17) is 0 Å². The summed E-state index contributed by atoms with van der Waals surface area (Å²) in [7, 11) is 0. The number of nitrogens with zero attached hydrogens (tertiary/aromatic N) is 1. The molecule has 4 aromatic rings. The Morgan fingerprint density at radius 1 is 0.722 bits per heavy atom. The SMILES string of the molecule is O=C(NC1CCN(CCC(c2ccccc2)c2ccccc2)CC1)c1ccccc1-c1ccccc1. The van der Waals surface area contributed by atoms with E-state index in [9.17, 15) is 4.79 Å². The van der Waals surface area contributed by atoms with Crippen LogP contribution in [0.2, 0.25) is 0 Å². The van der Waals surface area contributed by atoms with Crippen LogP contribution < -0.4 is 5.32 Å². The van der Waals surface area contributed by atoms with E-state index in [1.54, 1.807) is 0 Å². The Morgan fingerprint density at radius 3 is 1.86 bits per heavy atom. The molecule has 0 radical (unpaired) electrons. The zero-order valence-electron chi connectivity index (χ0n) is 20.7. The van der Waals surface area contributed by atoms with Gasteiger partial charge >= 0.3 is 0 Å². The monoisotopic (exact) mass is 474 g/mol. The Kier molecular flexibility index (Phi) is 7.89. The molecule has 1 amide bonds. The highest BCUT2D eigenvalue weighted by Gasteiger charge is 2.23. The van der Waals surface area contributed by atoms with Gasteiger partial charge in [0.25, 0.3) is 5.91 Å². The summed E-state index contributed by atoms with van der Waals surface area (Å²) in [6, 6.07) is 39.9. The van der Waals surface area contributed by atoms with Crippen LogP contribution in [0.15, 0.2) is 115 Å². The minimum Gasteiger partial charge on any atom is -0.349 e. The van der Waals surface area contributed by atoms with Crippen molar-refractivity contribution in [2.45, 2.75) is 31.2 Å². The summed E-state index contributed by atoms with van der Waals surface area (Å²) in [5.74, 6) is 0.431. The van der Waals surface area contributed by atoms with Gasteiger partial charge < -0.3 is 10.2 Å². The molecule has 1 aliphatic rings. The first-order valence-corrected chi connectivity index (χ1v) is 13.1. The van der Waals surface area contributed by atoms with E-state index in [1.165, 1.54) is 11.1 Å². The molecule has 5 rings (SSSR count). The van der Waals surface area contributed by atoms with Crippen LogP contribution in [-0.4, -0.2) is 36.5 Å². The molecule has 0 aliphatic carbocycles. The minimum absolute atomic E-state index is 0.0288. The molecule has 0 bridgehead atoms. The number of amides is 1. The molecule has 0 saturated carbocycles. The van der Waals surface area contributed by atoms with Gasteiger partial charge in [0.2, 0.25) is 0 Å². The molecule has 182 valence electrons. The molecule has 4 aromatic carbocycles. The Labute approximate surface area is 214 Å². The van der Waals surface area contributed by atoms with Crippen LogP contribution in [0.25, 0.3) is 11.1 Å². The van der Waals surface area contributed by atoms with Gasteiger partial charge in [-0.2, -0.15) is 0 Å².